The minimum absolute atomic E-state index is 0.0362. The first-order valence-corrected chi connectivity index (χ1v) is 9.94. The van der Waals surface area contributed by atoms with E-state index in [0.717, 1.165) is 18.1 Å². The number of nitrogens with one attached hydrogen (secondary N) is 2. The smallest absolute Gasteiger partial charge is 0.303 e. The summed E-state index contributed by atoms with van der Waals surface area (Å²) in [6.07, 6.45) is 5.60. The second-order valence-corrected chi connectivity index (χ2v) is 8.12. The number of carboxylic acid groups (broad SMARTS) is 1. The Bertz CT molecular complexity index is 323. The highest BCUT2D eigenvalue weighted by Crippen LogP contribution is 2.39. The summed E-state index contributed by atoms with van der Waals surface area (Å²) < 4.78 is 0. The molecule has 1 aliphatic rings. The van der Waals surface area contributed by atoms with Gasteiger partial charge in [-0.2, -0.15) is 0 Å². The van der Waals surface area contributed by atoms with Gasteiger partial charge in [0, 0.05) is 36.4 Å². The largest absolute Gasteiger partial charge is 0.481 e. The molecule has 0 bridgehead atoms. The average Bonchev–Trinajstić information content (AvgIpc) is 2.94. The zero-order valence-electron chi connectivity index (χ0n) is 12.6. The van der Waals surface area contributed by atoms with Crippen LogP contribution in [0.4, 0.5) is 0 Å². The molecule has 0 aromatic rings. The van der Waals surface area contributed by atoms with E-state index in [1.807, 2.05) is 21.6 Å². The Morgan fingerprint density at radius 3 is 2.76 bits per heavy atom. The van der Waals surface area contributed by atoms with Crippen LogP contribution in [0, 0.1) is 0 Å². The van der Waals surface area contributed by atoms with Crippen molar-refractivity contribution in [2.24, 2.45) is 0 Å². The molecule has 122 valence electrons. The average molecular weight is 335 g/mol. The van der Waals surface area contributed by atoms with Crippen molar-refractivity contribution in [2.75, 3.05) is 19.3 Å². The Morgan fingerprint density at radius 1 is 1.33 bits per heavy atom. The third kappa shape index (κ3) is 9.26. The maximum Gasteiger partial charge on any atom is 0.303 e. The topological polar surface area (TPSA) is 78.4 Å². The molecule has 7 heteroatoms. The van der Waals surface area contributed by atoms with Crippen LogP contribution in [0.3, 0.4) is 0 Å². The van der Waals surface area contributed by atoms with Crippen LogP contribution in [0.5, 0.6) is 0 Å². The Kier molecular flexibility index (Phi) is 9.95. The first-order valence-electron chi connectivity index (χ1n) is 7.56. The van der Waals surface area contributed by atoms with Crippen molar-refractivity contribution in [2.45, 2.75) is 56.2 Å². The lowest BCUT2D eigenvalue weighted by Crippen LogP contribution is -2.41. The first kappa shape index (κ1) is 18.6. The summed E-state index contributed by atoms with van der Waals surface area (Å²) in [5.41, 5.74) is 0. The van der Waals surface area contributed by atoms with Crippen LogP contribution in [0.2, 0.25) is 0 Å². The fraction of sp³-hybridized carbons (Fsp3) is 0.857. The van der Waals surface area contributed by atoms with Crippen LogP contribution >= 0.6 is 21.6 Å². The van der Waals surface area contributed by atoms with Gasteiger partial charge in [-0.25, -0.2) is 0 Å². The second-order valence-electron chi connectivity index (χ2n) is 5.33. The molecule has 0 radical (unpaired) electrons. The van der Waals surface area contributed by atoms with E-state index in [2.05, 4.69) is 10.6 Å². The van der Waals surface area contributed by atoms with Crippen molar-refractivity contribution in [1.82, 2.24) is 10.6 Å². The number of amides is 1. The van der Waals surface area contributed by atoms with Crippen LogP contribution in [0.1, 0.15) is 44.9 Å². The minimum Gasteiger partial charge on any atom is -0.481 e. The molecule has 21 heavy (non-hydrogen) atoms. The molecule has 1 fully saturated rings. The van der Waals surface area contributed by atoms with Gasteiger partial charge >= 0.3 is 5.97 Å². The zero-order valence-corrected chi connectivity index (χ0v) is 14.2. The lowest BCUT2D eigenvalue weighted by molar-refractivity contribution is -0.137. The number of hydrogen-bond acceptors (Lipinski definition) is 5. The number of aliphatic carboxylic acids is 1. The van der Waals surface area contributed by atoms with Gasteiger partial charge in [0.2, 0.25) is 5.91 Å². The summed E-state index contributed by atoms with van der Waals surface area (Å²) in [4.78, 5) is 22.5. The van der Waals surface area contributed by atoms with E-state index >= 15 is 0 Å². The molecule has 0 aliphatic carbocycles. The zero-order chi connectivity index (χ0) is 15.5. The Labute approximate surface area is 134 Å². The molecule has 1 heterocycles. The fourth-order valence-corrected chi connectivity index (χ4v) is 5.32. The number of carbonyl (C=O) groups excluding carboxylic acids is 1. The van der Waals surface area contributed by atoms with Crippen LogP contribution in [-0.2, 0) is 9.59 Å². The van der Waals surface area contributed by atoms with Crippen molar-refractivity contribution in [1.29, 1.82) is 0 Å². The Morgan fingerprint density at radius 2 is 2.14 bits per heavy atom. The van der Waals surface area contributed by atoms with Gasteiger partial charge < -0.3 is 15.7 Å². The number of unbranched alkanes of at least 4 members (excludes halogenated alkanes) is 1. The van der Waals surface area contributed by atoms with Crippen molar-refractivity contribution < 1.29 is 14.7 Å². The van der Waals surface area contributed by atoms with E-state index in [4.69, 9.17) is 5.11 Å². The number of carboxylic acids is 1. The first-order chi connectivity index (χ1) is 10.1. The number of likely N-dealkylation sites (N-methyl/N-ethyl adjacent to an activating group) is 1. The van der Waals surface area contributed by atoms with E-state index in [-0.39, 0.29) is 18.4 Å². The van der Waals surface area contributed by atoms with Gasteiger partial charge in [-0.15, -0.1) is 0 Å². The molecule has 1 amide bonds. The van der Waals surface area contributed by atoms with Gasteiger partial charge in [-0.1, -0.05) is 28.0 Å². The van der Waals surface area contributed by atoms with Gasteiger partial charge in [0.15, 0.2) is 0 Å². The highest BCUT2D eigenvalue weighted by molar-refractivity contribution is 8.77. The fourth-order valence-electron chi connectivity index (χ4n) is 2.29. The van der Waals surface area contributed by atoms with Crippen molar-refractivity contribution in [3.8, 4) is 0 Å². The summed E-state index contributed by atoms with van der Waals surface area (Å²) >= 11 is 0. The molecule has 2 atom stereocenters. The van der Waals surface area contributed by atoms with Crippen LogP contribution < -0.4 is 10.6 Å². The van der Waals surface area contributed by atoms with E-state index in [9.17, 15) is 9.59 Å². The number of rotatable bonds is 11. The SMILES string of the molecule is CNC[C@H](CCC(=O)O)NC(=O)CCCC[C@@H]1CCSS1. The van der Waals surface area contributed by atoms with Crippen LogP contribution in [0.25, 0.3) is 0 Å². The normalized spacial score (nSPS) is 19.4. The molecule has 0 unspecified atom stereocenters. The summed E-state index contributed by atoms with van der Waals surface area (Å²) in [6, 6.07) is -0.0969. The van der Waals surface area contributed by atoms with Gasteiger partial charge in [0.05, 0.1) is 0 Å². The molecular formula is C14H26N2O3S2. The molecule has 0 spiro atoms. The predicted molar refractivity (Wildman–Crippen MR) is 89.6 cm³/mol. The van der Waals surface area contributed by atoms with Gasteiger partial charge in [-0.05, 0) is 32.7 Å². The molecule has 5 nitrogen and oxygen atoms in total. The van der Waals surface area contributed by atoms with E-state index in [1.165, 1.54) is 18.6 Å². The lowest BCUT2D eigenvalue weighted by atomic mass is 10.1. The standard InChI is InChI=1S/C14H26N2O3S2/c1-15-10-11(6-7-14(18)19)16-13(17)5-3-2-4-12-8-9-20-21-12/h11-12,15H,2-10H2,1H3,(H,16,17)(H,18,19)/t11-,12+/m0/s1. The van der Waals surface area contributed by atoms with Crippen LogP contribution in [-0.4, -0.2) is 47.6 Å². The number of hydrogen-bond donors (Lipinski definition) is 3. The molecule has 0 saturated carbocycles. The Hall–Kier alpha value is -0.400. The van der Waals surface area contributed by atoms with Crippen LogP contribution in [0.15, 0.2) is 0 Å². The van der Waals surface area contributed by atoms with E-state index < -0.39 is 5.97 Å². The third-order valence-electron chi connectivity index (χ3n) is 3.43. The minimum atomic E-state index is -0.822. The van der Waals surface area contributed by atoms with E-state index in [0.29, 0.717) is 19.4 Å². The van der Waals surface area contributed by atoms with E-state index in [1.54, 1.807) is 7.05 Å². The summed E-state index contributed by atoms with van der Waals surface area (Å²) in [7, 11) is 5.73. The molecular weight excluding hydrogens is 308 g/mol. The molecule has 3 N–H and O–H groups in total. The molecule has 1 rings (SSSR count). The second kappa shape index (κ2) is 11.2. The summed E-state index contributed by atoms with van der Waals surface area (Å²) in [6.45, 7) is 0.606. The van der Waals surface area contributed by atoms with Gasteiger partial charge in [0.25, 0.3) is 0 Å². The van der Waals surface area contributed by atoms with Gasteiger partial charge in [-0.3, -0.25) is 9.59 Å². The summed E-state index contributed by atoms with van der Waals surface area (Å²) in [5.74, 6) is 0.469. The molecule has 0 aromatic heterocycles. The Balaban J connectivity index is 2.11. The van der Waals surface area contributed by atoms with Gasteiger partial charge in [0.1, 0.15) is 0 Å². The predicted octanol–water partition coefficient (Wildman–Crippen LogP) is 2.27. The van der Waals surface area contributed by atoms with Crippen molar-refractivity contribution >= 4 is 33.5 Å². The third-order valence-corrected chi connectivity index (χ3v) is 6.44. The molecule has 0 aromatic carbocycles. The quantitative estimate of drug-likeness (QED) is 0.397. The summed E-state index contributed by atoms with van der Waals surface area (Å²) in [5, 5.41) is 15.4. The number of carbonyl (C=O) groups is 2. The monoisotopic (exact) mass is 334 g/mol. The van der Waals surface area contributed by atoms with Crippen molar-refractivity contribution in [3.05, 3.63) is 0 Å². The molecule has 1 aliphatic heterocycles. The maximum absolute atomic E-state index is 11.9. The molecule has 1 saturated heterocycles. The lowest BCUT2D eigenvalue weighted by Gasteiger charge is -2.17. The maximum atomic E-state index is 11.9. The highest BCUT2D eigenvalue weighted by Gasteiger charge is 2.16. The highest BCUT2D eigenvalue weighted by atomic mass is 33.1. The van der Waals surface area contributed by atoms with Crippen molar-refractivity contribution in [3.63, 3.8) is 0 Å².